The minimum Gasteiger partial charge on any atom is -0.466 e. The molecule has 0 aliphatic rings. The predicted molar refractivity (Wildman–Crippen MR) is 66.5 cm³/mol. The minimum atomic E-state index is -0.426. The van der Waals surface area contributed by atoms with Gasteiger partial charge in [0.2, 0.25) is 5.91 Å². The van der Waals surface area contributed by atoms with E-state index in [0.29, 0.717) is 0 Å². The molecule has 0 unspecified atom stereocenters. The second-order valence-electron chi connectivity index (χ2n) is 3.22. The van der Waals surface area contributed by atoms with E-state index in [-0.39, 0.29) is 41.3 Å². The van der Waals surface area contributed by atoms with Crippen LogP contribution < -0.4 is 5.32 Å². The molecule has 0 atom stereocenters. The van der Waals surface area contributed by atoms with Crippen LogP contribution in [0.1, 0.15) is 19.8 Å². The van der Waals surface area contributed by atoms with Gasteiger partial charge in [0.15, 0.2) is 10.3 Å². The minimum absolute atomic E-state index is 0.00351. The number of carbonyl (C=O) groups excluding carboxylic acids is 2. The lowest BCUT2D eigenvalue weighted by Crippen LogP contribution is -2.15. The van der Waals surface area contributed by atoms with E-state index in [4.69, 9.17) is 27.9 Å². The zero-order valence-electron chi connectivity index (χ0n) is 9.57. The zero-order valence-corrected chi connectivity index (χ0v) is 11.1. The highest BCUT2D eigenvalue weighted by molar-refractivity contribution is 6.33. The Morgan fingerprint density at radius 2 is 2.06 bits per heavy atom. The molecule has 0 spiro atoms. The molecule has 1 N–H and O–H groups in total. The van der Waals surface area contributed by atoms with Crippen molar-refractivity contribution in [3.63, 3.8) is 0 Å². The lowest BCUT2D eigenvalue weighted by molar-refractivity contribution is -0.144. The van der Waals surface area contributed by atoms with E-state index in [1.165, 1.54) is 6.07 Å². The third-order valence-electron chi connectivity index (χ3n) is 1.85. The number of anilines is 1. The van der Waals surface area contributed by atoms with E-state index in [1.54, 1.807) is 6.92 Å². The summed E-state index contributed by atoms with van der Waals surface area (Å²) in [6, 6.07) is 1.37. The van der Waals surface area contributed by atoms with Crippen LogP contribution in [0.5, 0.6) is 0 Å². The molecule has 1 aromatic heterocycles. The highest BCUT2D eigenvalue weighted by Gasteiger charge is 2.11. The summed E-state index contributed by atoms with van der Waals surface area (Å²) in [6.45, 7) is 1.98. The van der Waals surface area contributed by atoms with Gasteiger partial charge >= 0.3 is 5.97 Å². The van der Waals surface area contributed by atoms with Crippen LogP contribution in [0.3, 0.4) is 0 Å². The molecule has 0 bridgehead atoms. The van der Waals surface area contributed by atoms with Crippen molar-refractivity contribution in [1.29, 1.82) is 0 Å². The SMILES string of the molecule is CCOC(=O)CCC(=O)Nc1cc(Cl)nnc1Cl. The van der Waals surface area contributed by atoms with Crippen molar-refractivity contribution < 1.29 is 14.3 Å². The first kappa shape index (κ1) is 14.7. The summed E-state index contributed by atoms with van der Waals surface area (Å²) >= 11 is 11.3. The van der Waals surface area contributed by atoms with Crippen LogP contribution in [0.2, 0.25) is 10.3 Å². The Balaban J connectivity index is 2.49. The maximum atomic E-state index is 11.5. The number of esters is 1. The molecule has 0 fully saturated rings. The molecule has 18 heavy (non-hydrogen) atoms. The summed E-state index contributed by atoms with van der Waals surface area (Å²) in [5.41, 5.74) is 0.255. The Hall–Kier alpha value is -1.40. The van der Waals surface area contributed by atoms with Gasteiger partial charge in [-0.25, -0.2) is 0 Å². The third-order valence-corrected chi connectivity index (χ3v) is 2.32. The van der Waals surface area contributed by atoms with E-state index in [0.717, 1.165) is 0 Å². The number of nitrogens with one attached hydrogen (secondary N) is 1. The number of amides is 1. The molecule has 1 rings (SSSR count). The van der Waals surface area contributed by atoms with Gasteiger partial charge in [0.05, 0.1) is 18.7 Å². The fourth-order valence-corrected chi connectivity index (χ4v) is 1.39. The highest BCUT2D eigenvalue weighted by Crippen LogP contribution is 2.20. The Morgan fingerprint density at radius 3 is 2.72 bits per heavy atom. The zero-order chi connectivity index (χ0) is 13.5. The van der Waals surface area contributed by atoms with Gasteiger partial charge in [0.1, 0.15) is 0 Å². The van der Waals surface area contributed by atoms with Crippen LogP contribution in [0.4, 0.5) is 5.69 Å². The lowest BCUT2D eigenvalue weighted by Gasteiger charge is -2.06. The molecule has 0 saturated carbocycles. The average Bonchev–Trinajstić information content (AvgIpc) is 2.32. The summed E-state index contributed by atoms with van der Waals surface area (Å²) in [5.74, 6) is -0.807. The van der Waals surface area contributed by atoms with Gasteiger partial charge < -0.3 is 10.1 Å². The summed E-state index contributed by atoms with van der Waals surface area (Å²) in [6.07, 6.45) is -0.00135. The van der Waals surface area contributed by atoms with Crippen molar-refractivity contribution in [2.75, 3.05) is 11.9 Å². The maximum absolute atomic E-state index is 11.5. The first-order valence-electron chi connectivity index (χ1n) is 5.17. The van der Waals surface area contributed by atoms with E-state index in [9.17, 15) is 9.59 Å². The lowest BCUT2D eigenvalue weighted by atomic mass is 10.3. The molecule has 1 aromatic rings. The van der Waals surface area contributed by atoms with E-state index in [1.807, 2.05) is 0 Å². The van der Waals surface area contributed by atoms with Crippen molar-refractivity contribution in [3.05, 3.63) is 16.4 Å². The van der Waals surface area contributed by atoms with Crippen molar-refractivity contribution in [3.8, 4) is 0 Å². The molecule has 1 heterocycles. The fraction of sp³-hybridized carbons (Fsp3) is 0.400. The van der Waals surface area contributed by atoms with Crippen LogP contribution in [-0.4, -0.2) is 28.7 Å². The molecule has 0 aliphatic heterocycles. The number of rotatable bonds is 5. The second-order valence-corrected chi connectivity index (χ2v) is 3.97. The van der Waals surface area contributed by atoms with Crippen molar-refractivity contribution >= 4 is 40.8 Å². The van der Waals surface area contributed by atoms with Crippen LogP contribution in [0.25, 0.3) is 0 Å². The molecule has 6 nitrogen and oxygen atoms in total. The predicted octanol–water partition coefficient (Wildman–Crippen LogP) is 2.07. The molecule has 0 radical (unpaired) electrons. The molecule has 1 amide bonds. The van der Waals surface area contributed by atoms with Gasteiger partial charge in [-0.3, -0.25) is 9.59 Å². The Bertz CT molecular complexity index is 454. The van der Waals surface area contributed by atoms with E-state index in [2.05, 4.69) is 15.5 Å². The topological polar surface area (TPSA) is 81.2 Å². The van der Waals surface area contributed by atoms with Gasteiger partial charge in [0.25, 0.3) is 0 Å². The number of halogens is 2. The van der Waals surface area contributed by atoms with Crippen molar-refractivity contribution in [2.45, 2.75) is 19.8 Å². The standard InChI is InChI=1S/C10H11Cl2N3O3/c1-2-18-9(17)4-3-8(16)13-6-5-7(11)14-15-10(6)12/h5H,2-4H2,1H3,(H,13,14,16). The molecule has 0 saturated heterocycles. The number of aromatic nitrogens is 2. The average molecular weight is 292 g/mol. The first-order chi connectivity index (χ1) is 8.52. The maximum Gasteiger partial charge on any atom is 0.306 e. The van der Waals surface area contributed by atoms with Crippen LogP contribution in [0, 0.1) is 0 Å². The van der Waals surface area contributed by atoms with Crippen LogP contribution in [0.15, 0.2) is 6.07 Å². The third kappa shape index (κ3) is 4.85. The Kier molecular flexibility index (Phi) is 5.80. The van der Waals surface area contributed by atoms with E-state index < -0.39 is 5.97 Å². The largest absolute Gasteiger partial charge is 0.466 e. The summed E-state index contributed by atoms with van der Waals surface area (Å²) in [7, 11) is 0. The van der Waals surface area contributed by atoms with Gasteiger partial charge in [-0.15, -0.1) is 10.2 Å². The summed E-state index contributed by atoms with van der Waals surface area (Å²) in [4.78, 5) is 22.6. The molecular formula is C10H11Cl2N3O3. The van der Waals surface area contributed by atoms with Crippen LogP contribution in [-0.2, 0) is 14.3 Å². The number of carbonyl (C=O) groups is 2. The fourth-order valence-electron chi connectivity index (χ4n) is 1.10. The van der Waals surface area contributed by atoms with Crippen molar-refractivity contribution in [2.24, 2.45) is 0 Å². The van der Waals surface area contributed by atoms with E-state index >= 15 is 0 Å². The molecule has 98 valence electrons. The monoisotopic (exact) mass is 291 g/mol. The van der Waals surface area contributed by atoms with Crippen LogP contribution >= 0.6 is 23.2 Å². The van der Waals surface area contributed by atoms with Gasteiger partial charge in [-0.05, 0) is 6.92 Å². The number of hydrogen-bond acceptors (Lipinski definition) is 5. The molecule has 0 aliphatic carbocycles. The van der Waals surface area contributed by atoms with Gasteiger partial charge in [-0.1, -0.05) is 23.2 Å². The number of hydrogen-bond donors (Lipinski definition) is 1. The molecular weight excluding hydrogens is 281 g/mol. The number of nitrogens with zero attached hydrogens (tertiary/aromatic N) is 2. The molecule has 8 heteroatoms. The molecule has 0 aromatic carbocycles. The van der Waals surface area contributed by atoms with Crippen molar-refractivity contribution in [1.82, 2.24) is 10.2 Å². The normalized spacial score (nSPS) is 9.94. The highest BCUT2D eigenvalue weighted by atomic mass is 35.5. The Labute approximate surface area is 114 Å². The summed E-state index contributed by atoms with van der Waals surface area (Å²) < 4.78 is 4.70. The smallest absolute Gasteiger partial charge is 0.306 e. The quantitative estimate of drug-likeness (QED) is 0.840. The Morgan fingerprint density at radius 1 is 1.33 bits per heavy atom. The van der Waals surface area contributed by atoms with Gasteiger partial charge in [0, 0.05) is 12.5 Å². The van der Waals surface area contributed by atoms with Gasteiger partial charge in [-0.2, -0.15) is 0 Å². The second kappa shape index (κ2) is 7.13. The first-order valence-corrected chi connectivity index (χ1v) is 5.92. The number of ether oxygens (including phenoxy) is 1. The summed E-state index contributed by atoms with van der Waals surface area (Å²) in [5, 5.41) is 9.66.